The number of carbonyl (C=O) groups excluding carboxylic acids is 1. The molecular formula is C9H6FNO2. The summed E-state index contributed by atoms with van der Waals surface area (Å²) < 4.78 is 13.0. The minimum Gasteiger partial charge on any atom is -0.505 e. The van der Waals surface area contributed by atoms with Crippen LogP contribution in [0, 0.1) is 17.1 Å². The Morgan fingerprint density at radius 3 is 2.69 bits per heavy atom. The Bertz CT molecular complexity index is 407. The predicted octanol–water partition coefficient (Wildman–Crippen LogP) is 1.61. The van der Waals surface area contributed by atoms with E-state index in [0.29, 0.717) is 0 Å². The van der Waals surface area contributed by atoms with E-state index in [0.717, 1.165) is 12.1 Å². The summed E-state index contributed by atoms with van der Waals surface area (Å²) in [5.41, 5.74) is -0.208. The van der Waals surface area contributed by atoms with Gasteiger partial charge in [-0.25, -0.2) is 4.39 Å². The number of nitrogens with zero attached hydrogens (tertiary/aromatic N) is 1. The number of rotatable bonds is 1. The lowest BCUT2D eigenvalue weighted by Gasteiger charge is -2.01. The van der Waals surface area contributed by atoms with Crippen LogP contribution >= 0.6 is 0 Å². The average molecular weight is 179 g/mol. The number of phenolic OH excluding ortho intramolecular Hbond substituents is 1. The van der Waals surface area contributed by atoms with Crippen molar-refractivity contribution in [2.24, 2.45) is 0 Å². The Hall–Kier alpha value is -1.89. The van der Waals surface area contributed by atoms with Crippen LogP contribution in [0.1, 0.15) is 22.8 Å². The van der Waals surface area contributed by atoms with Crippen molar-refractivity contribution in [2.75, 3.05) is 0 Å². The van der Waals surface area contributed by atoms with Crippen molar-refractivity contribution in [3.8, 4) is 11.8 Å². The van der Waals surface area contributed by atoms with Crippen molar-refractivity contribution < 1.29 is 14.3 Å². The molecule has 66 valence electrons. The van der Waals surface area contributed by atoms with Crippen molar-refractivity contribution in [2.45, 2.75) is 6.92 Å². The summed E-state index contributed by atoms with van der Waals surface area (Å²) >= 11 is 0. The van der Waals surface area contributed by atoms with E-state index in [1.54, 1.807) is 6.07 Å². The third-order valence-electron chi connectivity index (χ3n) is 1.56. The first-order valence-corrected chi connectivity index (χ1v) is 3.50. The molecular weight excluding hydrogens is 173 g/mol. The molecule has 0 radical (unpaired) electrons. The maximum absolute atomic E-state index is 13.0. The van der Waals surface area contributed by atoms with Crippen LogP contribution in [-0.4, -0.2) is 10.9 Å². The van der Waals surface area contributed by atoms with Crippen LogP contribution in [0.25, 0.3) is 0 Å². The molecule has 4 heteroatoms. The van der Waals surface area contributed by atoms with Crippen LogP contribution in [0.15, 0.2) is 12.1 Å². The molecule has 0 spiro atoms. The Morgan fingerprint density at radius 1 is 1.62 bits per heavy atom. The van der Waals surface area contributed by atoms with E-state index in [2.05, 4.69) is 0 Å². The van der Waals surface area contributed by atoms with Crippen molar-refractivity contribution in [3.05, 3.63) is 29.1 Å². The van der Waals surface area contributed by atoms with Crippen molar-refractivity contribution in [1.82, 2.24) is 0 Å². The van der Waals surface area contributed by atoms with Gasteiger partial charge in [0.25, 0.3) is 0 Å². The number of Topliss-reactive ketones (excluding diaryl/α,β-unsaturated/α-hetero) is 1. The second-order valence-electron chi connectivity index (χ2n) is 2.52. The molecule has 0 aliphatic rings. The van der Waals surface area contributed by atoms with Gasteiger partial charge >= 0.3 is 0 Å². The van der Waals surface area contributed by atoms with Gasteiger partial charge in [-0.05, 0) is 13.0 Å². The van der Waals surface area contributed by atoms with Gasteiger partial charge in [0.05, 0.1) is 17.2 Å². The van der Waals surface area contributed by atoms with E-state index in [9.17, 15) is 9.18 Å². The summed E-state index contributed by atoms with van der Waals surface area (Å²) in [6, 6.07) is 3.79. The zero-order valence-corrected chi connectivity index (χ0v) is 6.84. The van der Waals surface area contributed by atoms with Crippen molar-refractivity contribution in [3.63, 3.8) is 0 Å². The maximum Gasteiger partial charge on any atom is 0.175 e. The van der Waals surface area contributed by atoms with E-state index < -0.39 is 17.3 Å². The Kier molecular flexibility index (Phi) is 2.29. The molecule has 0 aromatic heterocycles. The molecule has 0 fully saturated rings. The normalized spacial score (nSPS) is 9.31. The third-order valence-corrected chi connectivity index (χ3v) is 1.56. The van der Waals surface area contributed by atoms with Gasteiger partial charge in [0.15, 0.2) is 17.3 Å². The lowest BCUT2D eigenvalue weighted by atomic mass is 10.1. The number of aromatic hydroxyl groups is 1. The quantitative estimate of drug-likeness (QED) is 0.666. The van der Waals surface area contributed by atoms with Crippen LogP contribution in [0.2, 0.25) is 0 Å². The first-order valence-electron chi connectivity index (χ1n) is 3.50. The molecule has 0 unspecified atom stereocenters. The van der Waals surface area contributed by atoms with Gasteiger partial charge in [0, 0.05) is 6.07 Å². The molecule has 0 aliphatic heterocycles. The fourth-order valence-electron chi connectivity index (χ4n) is 0.930. The molecule has 1 rings (SSSR count). The Balaban J connectivity index is 3.44. The van der Waals surface area contributed by atoms with Crippen molar-refractivity contribution in [1.29, 1.82) is 5.26 Å². The number of carbonyl (C=O) groups is 1. The number of benzene rings is 1. The van der Waals surface area contributed by atoms with E-state index in [-0.39, 0.29) is 11.1 Å². The van der Waals surface area contributed by atoms with Gasteiger partial charge in [-0.3, -0.25) is 4.79 Å². The Morgan fingerprint density at radius 2 is 2.23 bits per heavy atom. The molecule has 1 N–H and O–H groups in total. The highest BCUT2D eigenvalue weighted by atomic mass is 19.1. The first-order chi connectivity index (χ1) is 6.06. The lowest BCUT2D eigenvalue weighted by Crippen LogP contribution is -1.98. The summed E-state index contributed by atoms with van der Waals surface area (Å²) in [6.45, 7) is 1.17. The Labute approximate surface area is 74.0 Å². The second-order valence-corrected chi connectivity index (χ2v) is 2.52. The molecule has 0 saturated heterocycles. The van der Waals surface area contributed by atoms with Crippen LogP contribution < -0.4 is 0 Å². The van der Waals surface area contributed by atoms with Gasteiger partial charge in [-0.15, -0.1) is 0 Å². The van der Waals surface area contributed by atoms with Crippen molar-refractivity contribution >= 4 is 5.78 Å². The minimum absolute atomic E-state index is 0.0594. The van der Waals surface area contributed by atoms with Gasteiger partial charge in [0.1, 0.15) is 0 Å². The zero-order valence-electron chi connectivity index (χ0n) is 6.84. The molecule has 0 aliphatic carbocycles. The SMILES string of the molecule is CC(=O)c1cc(C#N)cc(O)c1F. The van der Waals surface area contributed by atoms with Gasteiger partial charge in [-0.2, -0.15) is 5.26 Å². The van der Waals surface area contributed by atoms with Gasteiger partial charge < -0.3 is 5.11 Å². The molecule has 13 heavy (non-hydrogen) atoms. The monoisotopic (exact) mass is 179 g/mol. The topological polar surface area (TPSA) is 61.1 Å². The number of nitriles is 1. The van der Waals surface area contributed by atoms with Crippen LogP contribution in [0.3, 0.4) is 0 Å². The molecule has 0 saturated carbocycles. The summed E-state index contributed by atoms with van der Waals surface area (Å²) in [6.07, 6.45) is 0. The fourth-order valence-corrected chi connectivity index (χ4v) is 0.930. The van der Waals surface area contributed by atoms with Gasteiger partial charge in [0.2, 0.25) is 0 Å². The molecule has 3 nitrogen and oxygen atoms in total. The first kappa shape index (κ1) is 9.20. The van der Waals surface area contributed by atoms with E-state index in [1.165, 1.54) is 6.92 Å². The predicted molar refractivity (Wildman–Crippen MR) is 42.8 cm³/mol. The molecule has 0 atom stereocenters. The summed E-state index contributed by atoms with van der Waals surface area (Å²) in [7, 11) is 0. The number of phenols is 1. The third kappa shape index (κ3) is 1.64. The number of hydrogen-bond donors (Lipinski definition) is 1. The molecule has 1 aromatic rings. The fraction of sp³-hybridized carbons (Fsp3) is 0.111. The molecule has 0 bridgehead atoms. The van der Waals surface area contributed by atoms with E-state index in [4.69, 9.17) is 10.4 Å². The summed E-state index contributed by atoms with van der Waals surface area (Å²) in [5.74, 6) is -2.18. The van der Waals surface area contributed by atoms with E-state index >= 15 is 0 Å². The number of halogens is 1. The van der Waals surface area contributed by atoms with Crippen LogP contribution in [-0.2, 0) is 0 Å². The van der Waals surface area contributed by atoms with Gasteiger partial charge in [-0.1, -0.05) is 0 Å². The van der Waals surface area contributed by atoms with E-state index in [1.807, 2.05) is 0 Å². The lowest BCUT2D eigenvalue weighted by molar-refractivity contribution is 0.101. The van der Waals surface area contributed by atoms with Crippen LogP contribution in [0.4, 0.5) is 4.39 Å². The highest BCUT2D eigenvalue weighted by Crippen LogP contribution is 2.21. The minimum atomic E-state index is -0.980. The molecule has 0 amide bonds. The maximum atomic E-state index is 13.0. The zero-order chi connectivity index (χ0) is 10.0. The molecule has 0 heterocycles. The number of ketones is 1. The summed E-state index contributed by atoms with van der Waals surface area (Å²) in [5, 5.41) is 17.4. The second kappa shape index (κ2) is 3.23. The smallest absolute Gasteiger partial charge is 0.175 e. The average Bonchev–Trinajstić information content (AvgIpc) is 2.09. The highest BCUT2D eigenvalue weighted by molar-refractivity contribution is 5.95. The van der Waals surface area contributed by atoms with Crippen LogP contribution in [0.5, 0.6) is 5.75 Å². The summed E-state index contributed by atoms with van der Waals surface area (Å²) in [4.78, 5) is 10.8. The largest absolute Gasteiger partial charge is 0.505 e. The standard InChI is InChI=1S/C9H6FNO2/c1-5(12)7-2-6(4-11)3-8(13)9(7)10/h2-3,13H,1H3. The number of hydrogen-bond acceptors (Lipinski definition) is 3. The highest BCUT2D eigenvalue weighted by Gasteiger charge is 2.13. The molecule has 1 aromatic carbocycles.